The van der Waals surface area contributed by atoms with Crippen molar-refractivity contribution in [1.29, 1.82) is 0 Å². The molecule has 0 bridgehead atoms. The van der Waals surface area contributed by atoms with E-state index in [1.165, 1.54) is 30.6 Å². The molecule has 1 saturated heterocycles. The molecule has 3 heterocycles. The van der Waals surface area contributed by atoms with E-state index in [-0.39, 0.29) is 0 Å². The zero-order valence-electron chi connectivity index (χ0n) is 12.8. The molecule has 2 aromatic rings. The molecule has 116 valence electrons. The third kappa shape index (κ3) is 2.31. The van der Waals surface area contributed by atoms with E-state index in [4.69, 9.17) is 16.7 Å². The first kappa shape index (κ1) is 14.1. The van der Waals surface area contributed by atoms with Gasteiger partial charge in [0, 0.05) is 24.6 Å². The van der Waals surface area contributed by atoms with E-state index in [1.807, 2.05) is 28.9 Å². The van der Waals surface area contributed by atoms with Crippen LogP contribution in [0.15, 0.2) is 24.3 Å². The highest BCUT2D eigenvalue weighted by molar-refractivity contribution is 6.32. The molecule has 1 aromatic heterocycles. The van der Waals surface area contributed by atoms with Crippen molar-refractivity contribution >= 4 is 17.4 Å². The molecule has 4 rings (SSSR count). The van der Waals surface area contributed by atoms with E-state index in [2.05, 4.69) is 17.3 Å². The number of likely N-dealkylation sites (tertiary alicyclic amines) is 1. The summed E-state index contributed by atoms with van der Waals surface area (Å²) in [6, 6.07) is 7.93. The number of nitrogens with zero attached hydrogens (tertiary/aromatic N) is 3. The van der Waals surface area contributed by atoms with Gasteiger partial charge in [0.1, 0.15) is 5.82 Å². The number of rotatable bonds is 2. The Kier molecular flexibility index (Phi) is 3.59. The molecule has 0 aliphatic carbocycles. The molecule has 0 saturated carbocycles. The molecule has 5 heteroatoms. The number of benzene rings is 1. The van der Waals surface area contributed by atoms with Gasteiger partial charge >= 0.3 is 0 Å². The van der Waals surface area contributed by atoms with E-state index in [0.717, 1.165) is 36.0 Å². The highest BCUT2D eigenvalue weighted by Crippen LogP contribution is 2.37. The normalized spacial score (nSPS) is 21.6. The van der Waals surface area contributed by atoms with Gasteiger partial charge in [0.05, 0.1) is 16.4 Å². The third-order valence-corrected chi connectivity index (χ3v) is 5.09. The summed E-state index contributed by atoms with van der Waals surface area (Å²) in [4.78, 5) is 2.41. The van der Waals surface area contributed by atoms with Crippen molar-refractivity contribution in [3.05, 3.63) is 40.5 Å². The van der Waals surface area contributed by atoms with Gasteiger partial charge in [-0.1, -0.05) is 23.7 Å². The first-order chi connectivity index (χ1) is 10.7. The fourth-order valence-corrected chi connectivity index (χ4v) is 3.93. The zero-order chi connectivity index (χ0) is 15.1. The molecule has 22 heavy (non-hydrogen) atoms. The van der Waals surface area contributed by atoms with Gasteiger partial charge < -0.3 is 10.2 Å². The van der Waals surface area contributed by atoms with Gasteiger partial charge in [-0.2, -0.15) is 5.10 Å². The summed E-state index contributed by atoms with van der Waals surface area (Å²) in [5.41, 5.74) is 3.62. The molecular formula is C17H21ClN4. The maximum absolute atomic E-state index is 6.38. The topological polar surface area (TPSA) is 33.1 Å². The van der Waals surface area contributed by atoms with Crippen LogP contribution in [0.5, 0.6) is 0 Å². The number of fused-ring (bicyclic) bond motifs is 1. The average Bonchev–Trinajstić information content (AvgIpc) is 3.10. The lowest BCUT2D eigenvalue weighted by molar-refractivity contribution is 0.247. The summed E-state index contributed by atoms with van der Waals surface area (Å²) in [5, 5.41) is 9.20. The largest absolute Gasteiger partial charge is 0.369 e. The average molecular weight is 317 g/mol. The molecule has 4 nitrogen and oxygen atoms in total. The number of hydrogen-bond donors (Lipinski definition) is 1. The number of halogens is 1. The second-order valence-corrected chi connectivity index (χ2v) is 6.76. The molecule has 0 spiro atoms. The van der Waals surface area contributed by atoms with E-state index < -0.39 is 0 Å². The first-order valence-corrected chi connectivity index (χ1v) is 8.41. The van der Waals surface area contributed by atoms with Gasteiger partial charge in [0.2, 0.25) is 0 Å². The second-order valence-electron chi connectivity index (χ2n) is 6.35. The van der Waals surface area contributed by atoms with Crippen molar-refractivity contribution in [2.45, 2.75) is 25.2 Å². The lowest BCUT2D eigenvalue weighted by atomic mass is 9.92. The van der Waals surface area contributed by atoms with Crippen LogP contribution >= 0.6 is 11.6 Å². The minimum Gasteiger partial charge on any atom is -0.369 e. The molecule has 1 unspecified atom stereocenters. The molecule has 0 amide bonds. The Morgan fingerprint density at radius 3 is 3.00 bits per heavy atom. The maximum Gasteiger partial charge on any atom is 0.133 e. The van der Waals surface area contributed by atoms with Crippen LogP contribution in [0.25, 0.3) is 5.69 Å². The fraction of sp³-hybridized carbons (Fsp3) is 0.471. The summed E-state index contributed by atoms with van der Waals surface area (Å²) in [6.07, 6.45) is 3.55. The molecule has 2 aliphatic rings. The van der Waals surface area contributed by atoms with E-state index in [1.54, 1.807) is 0 Å². The zero-order valence-corrected chi connectivity index (χ0v) is 13.6. The van der Waals surface area contributed by atoms with Gasteiger partial charge in [0.15, 0.2) is 0 Å². The summed E-state index contributed by atoms with van der Waals surface area (Å²) in [7, 11) is 2.20. The number of hydrogen-bond acceptors (Lipinski definition) is 3. The molecule has 1 N–H and O–H groups in total. The van der Waals surface area contributed by atoms with Crippen LogP contribution in [0, 0.1) is 0 Å². The standard InChI is InChI=1S/C17H21ClN4/c1-21-10-4-5-12(11-21)16-13-8-9-19-17(13)22(20-16)15-7-3-2-6-14(15)18/h2-3,6-7,12,19H,4-5,8-11H2,1H3. The van der Waals surface area contributed by atoms with Crippen molar-refractivity contribution in [1.82, 2.24) is 14.7 Å². The third-order valence-electron chi connectivity index (χ3n) is 4.77. The highest BCUT2D eigenvalue weighted by atomic mass is 35.5. The Balaban J connectivity index is 1.79. The van der Waals surface area contributed by atoms with Crippen molar-refractivity contribution in [3.63, 3.8) is 0 Å². The van der Waals surface area contributed by atoms with E-state index in [0.29, 0.717) is 5.92 Å². The number of likely N-dealkylation sites (N-methyl/N-ethyl adjacent to an activating group) is 1. The first-order valence-electron chi connectivity index (χ1n) is 8.03. The Labute approximate surface area is 136 Å². The summed E-state index contributed by atoms with van der Waals surface area (Å²) in [5.74, 6) is 1.67. The SMILES string of the molecule is CN1CCCC(c2nn(-c3ccccc3Cl)c3c2CCN3)C1. The Morgan fingerprint density at radius 2 is 2.18 bits per heavy atom. The van der Waals surface area contributed by atoms with Crippen LogP contribution in [-0.4, -0.2) is 41.4 Å². The lowest BCUT2D eigenvalue weighted by Gasteiger charge is -2.29. The van der Waals surface area contributed by atoms with Crippen LogP contribution in [0.4, 0.5) is 5.82 Å². The smallest absolute Gasteiger partial charge is 0.133 e. The predicted octanol–water partition coefficient (Wildman–Crippen LogP) is 3.30. The van der Waals surface area contributed by atoms with Gasteiger partial charge in [0.25, 0.3) is 0 Å². The fourth-order valence-electron chi connectivity index (χ4n) is 3.72. The van der Waals surface area contributed by atoms with E-state index >= 15 is 0 Å². The van der Waals surface area contributed by atoms with Crippen molar-refractivity contribution in [3.8, 4) is 5.69 Å². The predicted molar refractivity (Wildman–Crippen MR) is 90.2 cm³/mol. The molecule has 2 aliphatic heterocycles. The van der Waals surface area contributed by atoms with Gasteiger partial charge in [-0.05, 0) is 45.0 Å². The minimum atomic E-state index is 0.538. The highest BCUT2D eigenvalue weighted by Gasteiger charge is 2.30. The lowest BCUT2D eigenvalue weighted by Crippen LogP contribution is -2.31. The summed E-state index contributed by atoms with van der Waals surface area (Å²) < 4.78 is 2.01. The Bertz CT molecular complexity index is 694. The number of piperidine rings is 1. The van der Waals surface area contributed by atoms with Crippen LogP contribution in [0.3, 0.4) is 0 Å². The van der Waals surface area contributed by atoms with Crippen molar-refractivity contribution in [2.75, 3.05) is 32.0 Å². The van der Waals surface area contributed by atoms with Crippen LogP contribution < -0.4 is 5.32 Å². The molecule has 0 radical (unpaired) electrons. The van der Waals surface area contributed by atoms with Crippen LogP contribution in [0.1, 0.15) is 30.0 Å². The molecule has 1 fully saturated rings. The Hall–Kier alpha value is -1.52. The second kappa shape index (κ2) is 5.60. The monoisotopic (exact) mass is 316 g/mol. The van der Waals surface area contributed by atoms with Crippen LogP contribution in [-0.2, 0) is 6.42 Å². The molecule has 1 atom stereocenters. The summed E-state index contributed by atoms with van der Waals surface area (Å²) >= 11 is 6.38. The molecular weight excluding hydrogens is 296 g/mol. The van der Waals surface area contributed by atoms with Crippen molar-refractivity contribution in [2.24, 2.45) is 0 Å². The number of nitrogens with one attached hydrogen (secondary N) is 1. The Morgan fingerprint density at radius 1 is 1.32 bits per heavy atom. The molecule has 1 aromatic carbocycles. The van der Waals surface area contributed by atoms with Gasteiger partial charge in [-0.25, -0.2) is 4.68 Å². The quantitative estimate of drug-likeness (QED) is 0.923. The number of anilines is 1. The van der Waals surface area contributed by atoms with Gasteiger partial charge in [-0.3, -0.25) is 0 Å². The van der Waals surface area contributed by atoms with Crippen LogP contribution in [0.2, 0.25) is 5.02 Å². The van der Waals surface area contributed by atoms with E-state index in [9.17, 15) is 0 Å². The minimum absolute atomic E-state index is 0.538. The number of aromatic nitrogens is 2. The summed E-state index contributed by atoms with van der Waals surface area (Å²) in [6.45, 7) is 3.29. The number of para-hydroxylation sites is 1. The maximum atomic E-state index is 6.38. The van der Waals surface area contributed by atoms with Gasteiger partial charge in [-0.15, -0.1) is 0 Å². The van der Waals surface area contributed by atoms with Crippen molar-refractivity contribution < 1.29 is 0 Å².